The summed E-state index contributed by atoms with van der Waals surface area (Å²) in [6.45, 7) is 8.00. The summed E-state index contributed by atoms with van der Waals surface area (Å²) in [4.78, 5) is 0. The van der Waals surface area contributed by atoms with Crippen LogP contribution in [0.4, 0.5) is 0 Å². The predicted molar refractivity (Wildman–Crippen MR) is 84.7 cm³/mol. The molecule has 1 unspecified atom stereocenters. The summed E-state index contributed by atoms with van der Waals surface area (Å²) in [7, 11) is -3.27. The van der Waals surface area contributed by atoms with Gasteiger partial charge in [-0.15, -0.1) is 0 Å². The van der Waals surface area contributed by atoms with E-state index in [1.807, 2.05) is 19.7 Å². The van der Waals surface area contributed by atoms with Gasteiger partial charge in [-0.25, -0.2) is 4.67 Å². The lowest BCUT2D eigenvalue weighted by molar-refractivity contribution is 0.259. The van der Waals surface area contributed by atoms with E-state index in [0.717, 1.165) is 25.7 Å². The summed E-state index contributed by atoms with van der Waals surface area (Å²) in [5, 5.41) is 9.20. The van der Waals surface area contributed by atoms with E-state index in [-0.39, 0.29) is 0 Å². The highest BCUT2D eigenvalue weighted by atomic mass is 31.2. The summed E-state index contributed by atoms with van der Waals surface area (Å²) in [6, 6.07) is 0. The molecule has 0 rings (SSSR count). The van der Waals surface area contributed by atoms with Gasteiger partial charge < -0.3 is 4.52 Å². The second kappa shape index (κ2) is 12.4. The van der Waals surface area contributed by atoms with E-state index in [2.05, 4.69) is 6.92 Å². The van der Waals surface area contributed by atoms with Crippen LogP contribution < -0.4 is 0 Å². The van der Waals surface area contributed by atoms with Gasteiger partial charge >= 0.3 is 7.52 Å². The molecule has 0 amide bonds. The van der Waals surface area contributed by atoms with Gasteiger partial charge in [0.05, 0.1) is 6.61 Å². The number of nitrogens with zero attached hydrogens (tertiary/aromatic N) is 2. The normalized spacial score (nSPS) is 14.2. The Labute approximate surface area is 125 Å². The van der Waals surface area contributed by atoms with Gasteiger partial charge in [0.2, 0.25) is 0 Å². The first-order valence-corrected chi connectivity index (χ1v) is 9.63. The first-order chi connectivity index (χ1) is 9.64. The van der Waals surface area contributed by atoms with Crippen molar-refractivity contribution in [2.45, 2.75) is 72.1 Å². The minimum atomic E-state index is -3.27. The van der Waals surface area contributed by atoms with E-state index >= 15 is 0 Å². The Morgan fingerprint density at radius 2 is 1.50 bits per heavy atom. The number of hydrogen-bond acceptors (Lipinski definition) is 3. The Balaban J connectivity index is 4.10. The van der Waals surface area contributed by atoms with Crippen LogP contribution >= 0.6 is 7.52 Å². The molecule has 0 aliphatic carbocycles. The standard InChI is InChI=1S/C15H31N2O2P/c1-4-7-8-9-10-11-14-19-20(18,15-16)17(12-5-2)13-6-3/h4-14H2,1-3H3. The van der Waals surface area contributed by atoms with Crippen molar-refractivity contribution in [1.29, 1.82) is 5.26 Å². The highest BCUT2D eigenvalue weighted by Crippen LogP contribution is 2.49. The van der Waals surface area contributed by atoms with Crippen molar-refractivity contribution in [2.24, 2.45) is 0 Å². The highest BCUT2D eigenvalue weighted by molar-refractivity contribution is 7.61. The molecule has 0 saturated heterocycles. The molecule has 0 radical (unpaired) electrons. The van der Waals surface area contributed by atoms with Crippen LogP contribution in [0.15, 0.2) is 0 Å². The second-order valence-electron chi connectivity index (χ2n) is 5.18. The molecule has 0 fully saturated rings. The molecule has 0 aromatic rings. The quantitative estimate of drug-likeness (QED) is 0.348. The predicted octanol–water partition coefficient (Wildman–Crippen LogP) is 5.16. The van der Waals surface area contributed by atoms with Crippen molar-refractivity contribution in [2.75, 3.05) is 19.7 Å². The molecule has 0 N–H and O–H groups in total. The molecule has 0 saturated carbocycles. The van der Waals surface area contributed by atoms with Crippen LogP contribution in [0.25, 0.3) is 0 Å². The van der Waals surface area contributed by atoms with Gasteiger partial charge in [0.1, 0.15) is 0 Å². The van der Waals surface area contributed by atoms with Crippen LogP contribution in [0.2, 0.25) is 0 Å². The maximum Gasteiger partial charge on any atom is 0.371 e. The van der Waals surface area contributed by atoms with Crippen LogP contribution in [0.5, 0.6) is 0 Å². The molecular weight excluding hydrogens is 271 g/mol. The van der Waals surface area contributed by atoms with E-state index < -0.39 is 7.52 Å². The van der Waals surface area contributed by atoms with Gasteiger partial charge in [-0.1, -0.05) is 52.9 Å². The summed E-state index contributed by atoms with van der Waals surface area (Å²) in [5.41, 5.74) is 0. The molecular formula is C15H31N2O2P. The summed E-state index contributed by atoms with van der Waals surface area (Å²) < 4.78 is 19.7. The van der Waals surface area contributed by atoms with Gasteiger partial charge in [-0.05, 0) is 19.3 Å². The van der Waals surface area contributed by atoms with Crippen LogP contribution in [0.1, 0.15) is 72.1 Å². The topological polar surface area (TPSA) is 53.3 Å². The van der Waals surface area contributed by atoms with Gasteiger partial charge in [0, 0.05) is 13.1 Å². The summed E-state index contributed by atoms with van der Waals surface area (Å²) >= 11 is 0. The molecule has 1 atom stereocenters. The van der Waals surface area contributed by atoms with Crippen LogP contribution in [-0.4, -0.2) is 24.4 Å². The zero-order valence-corrected chi connectivity index (χ0v) is 14.3. The van der Waals surface area contributed by atoms with Crippen LogP contribution in [-0.2, 0) is 9.09 Å². The largest absolute Gasteiger partial charge is 0.371 e. The van der Waals surface area contributed by atoms with Gasteiger partial charge in [0.15, 0.2) is 5.81 Å². The molecule has 20 heavy (non-hydrogen) atoms. The zero-order chi connectivity index (χ0) is 15.3. The summed E-state index contributed by atoms with van der Waals surface area (Å²) in [6.07, 6.45) is 8.71. The smallest absolute Gasteiger partial charge is 0.307 e. The Morgan fingerprint density at radius 1 is 0.950 bits per heavy atom. The Morgan fingerprint density at radius 3 is 2.00 bits per heavy atom. The van der Waals surface area contributed by atoms with Gasteiger partial charge in [-0.2, -0.15) is 5.26 Å². The molecule has 0 heterocycles. The van der Waals surface area contributed by atoms with Crippen LogP contribution in [0.3, 0.4) is 0 Å². The molecule has 5 heteroatoms. The monoisotopic (exact) mass is 302 g/mol. The minimum absolute atomic E-state index is 0.431. The van der Waals surface area contributed by atoms with E-state index in [1.54, 1.807) is 4.67 Å². The zero-order valence-electron chi connectivity index (χ0n) is 13.4. The molecule has 0 aliphatic rings. The van der Waals surface area contributed by atoms with Crippen molar-refractivity contribution >= 4 is 7.52 Å². The molecule has 0 bridgehead atoms. The van der Waals surface area contributed by atoms with Crippen molar-refractivity contribution < 1.29 is 9.09 Å². The Bertz CT molecular complexity index is 309. The Hall–Kier alpha value is -0.360. The van der Waals surface area contributed by atoms with E-state index in [0.29, 0.717) is 19.7 Å². The molecule has 118 valence electrons. The van der Waals surface area contributed by atoms with Crippen molar-refractivity contribution in [3.8, 4) is 5.81 Å². The molecule has 0 aromatic carbocycles. The van der Waals surface area contributed by atoms with E-state index in [1.165, 1.54) is 25.7 Å². The minimum Gasteiger partial charge on any atom is -0.307 e. The fraction of sp³-hybridized carbons (Fsp3) is 0.933. The van der Waals surface area contributed by atoms with Crippen molar-refractivity contribution in [3.05, 3.63) is 0 Å². The molecule has 0 aliphatic heterocycles. The van der Waals surface area contributed by atoms with E-state index in [4.69, 9.17) is 4.52 Å². The van der Waals surface area contributed by atoms with E-state index in [9.17, 15) is 9.83 Å². The lowest BCUT2D eigenvalue weighted by Gasteiger charge is -2.25. The second-order valence-corrected chi connectivity index (χ2v) is 7.24. The number of unbranched alkanes of at least 4 members (excludes halogenated alkanes) is 5. The van der Waals surface area contributed by atoms with Crippen molar-refractivity contribution in [3.63, 3.8) is 0 Å². The van der Waals surface area contributed by atoms with Gasteiger partial charge in [0.25, 0.3) is 0 Å². The lowest BCUT2D eigenvalue weighted by Crippen LogP contribution is -2.23. The average molecular weight is 302 g/mol. The van der Waals surface area contributed by atoms with Gasteiger partial charge in [-0.3, -0.25) is 4.57 Å². The lowest BCUT2D eigenvalue weighted by atomic mass is 10.1. The third kappa shape index (κ3) is 8.04. The Kier molecular flexibility index (Phi) is 12.2. The SMILES string of the molecule is CCCCCCCCOP(=O)(C#N)N(CCC)CCC. The third-order valence-corrected chi connectivity index (χ3v) is 5.16. The third-order valence-electron chi connectivity index (χ3n) is 3.23. The maximum atomic E-state index is 12.5. The number of nitriles is 1. The van der Waals surface area contributed by atoms with Crippen LogP contribution in [0, 0.1) is 11.1 Å². The molecule has 4 nitrogen and oxygen atoms in total. The highest BCUT2D eigenvalue weighted by Gasteiger charge is 2.30. The first-order valence-electron chi connectivity index (χ1n) is 8.05. The number of rotatable bonds is 13. The molecule has 0 spiro atoms. The fourth-order valence-corrected chi connectivity index (χ4v) is 3.79. The van der Waals surface area contributed by atoms with Crippen molar-refractivity contribution in [1.82, 2.24) is 4.67 Å². The molecule has 0 aromatic heterocycles. The maximum absolute atomic E-state index is 12.5. The first kappa shape index (κ1) is 19.6. The fourth-order valence-electron chi connectivity index (χ4n) is 2.14. The number of hydrogen-bond donors (Lipinski definition) is 0. The average Bonchev–Trinajstić information content (AvgIpc) is 2.46. The summed E-state index contributed by atoms with van der Waals surface area (Å²) in [5.74, 6) is 1.92.